The van der Waals surface area contributed by atoms with Gasteiger partial charge in [0.15, 0.2) is 0 Å². The maximum Gasteiger partial charge on any atom is 0.573 e. The topological polar surface area (TPSA) is 102 Å². The molecule has 1 aromatic heterocycles. The summed E-state index contributed by atoms with van der Waals surface area (Å²) in [6.07, 6.45) is -8.46. The lowest BCUT2D eigenvalue weighted by molar-refractivity contribution is -0.383. The standard InChI is InChI=1S/C18H11F6N5O3/c19-17(20,21)10-1-3-11(4-2-10)27-15-14(29(30)31)16(26-9-25-15)28-12-5-7-13(8-6-12)32-18(22,23)24/h1-9H,(H2,25,26,27,28). The van der Waals surface area contributed by atoms with Crippen LogP contribution >= 0.6 is 0 Å². The van der Waals surface area contributed by atoms with Crippen LogP contribution in [0, 0.1) is 10.1 Å². The third-order valence-electron chi connectivity index (χ3n) is 3.83. The molecular weight excluding hydrogens is 448 g/mol. The first kappa shape index (κ1) is 22.6. The van der Waals surface area contributed by atoms with Crippen LogP contribution in [0.2, 0.25) is 0 Å². The Kier molecular flexibility index (Phi) is 6.04. The summed E-state index contributed by atoms with van der Waals surface area (Å²) in [7, 11) is 0. The summed E-state index contributed by atoms with van der Waals surface area (Å²) in [5, 5.41) is 16.7. The van der Waals surface area contributed by atoms with Crippen LogP contribution in [0.1, 0.15) is 5.56 Å². The lowest BCUT2D eigenvalue weighted by atomic mass is 10.2. The fraction of sp³-hybridized carbons (Fsp3) is 0.111. The highest BCUT2D eigenvalue weighted by Crippen LogP contribution is 2.35. The molecule has 0 atom stereocenters. The zero-order valence-electron chi connectivity index (χ0n) is 15.5. The third-order valence-corrected chi connectivity index (χ3v) is 3.83. The number of nitro groups is 1. The number of benzene rings is 2. The second-order valence-corrected chi connectivity index (χ2v) is 6.07. The van der Waals surface area contributed by atoms with Crippen molar-refractivity contribution >= 4 is 28.7 Å². The van der Waals surface area contributed by atoms with Gasteiger partial charge in [0.05, 0.1) is 10.5 Å². The minimum atomic E-state index is -4.88. The number of nitrogens with one attached hydrogen (secondary N) is 2. The molecule has 1 heterocycles. The second-order valence-electron chi connectivity index (χ2n) is 6.07. The predicted molar refractivity (Wildman–Crippen MR) is 99.8 cm³/mol. The van der Waals surface area contributed by atoms with Gasteiger partial charge in [0.25, 0.3) is 0 Å². The molecule has 0 bridgehead atoms. The first-order valence-electron chi connectivity index (χ1n) is 8.49. The molecule has 8 nitrogen and oxygen atoms in total. The van der Waals surface area contributed by atoms with Gasteiger partial charge >= 0.3 is 18.2 Å². The number of anilines is 4. The molecule has 32 heavy (non-hydrogen) atoms. The Balaban J connectivity index is 1.84. The van der Waals surface area contributed by atoms with Crippen molar-refractivity contribution in [1.82, 2.24) is 9.97 Å². The number of ether oxygens (including phenoxy) is 1. The molecule has 0 aliphatic carbocycles. The molecule has 0 amide bonds. The van der Waals surface area contributed by atoms with E-state index in [1.54, 1.807) is 0 Å². The van der Waals surface area contributed by atoms with Gasteiger partial charge in [-0.2, -0.15) is 13.2 Å². The van der Waals surface area contributed by atoms with E-state index in [0.717, 1.165) is 42.7 Å². The highest BCUT2D eigenvalue weighted by atomic mass is 19.4. The van der Waals surface area contributed by atoms with E-state index in [0.29, 0.717) is 0 Å². The number of rotatable bonds is 6. The SMILES string of the molecule is O=[N+]([O-])c1c(Nc2ccc(OC(F)(F)F)cc2)ncnc1Nc1ccc(C(F)(F)F)cc1. The van der Waals surface area contributed by atoms with Crippen molar-refractivity contribution in [1.29, 1.82) is 0 Å². The van der Waals surface area contributed by atoms with Crippen LogP contribution in [-0.4, -0.2) is 21.3 Å². The van der Waals surface area contributed by atoms with Gasteiger partial charge in [-0.25, -0.2) is 9.97 Å². The molecule has 0 spiro atoms. The van der Waals surface area contributed by atoms with Crippen LogP contribution in [0.25, 0.3) is 0 Å². The van der Waals surface area contributed by atoms with Gasteiger partial charge in [-0.15, -0.1) is 13.2 Å². The molecule has 0 aliphatic heterocycles. The summed E-state index contributed by atoms with van der Waals surface area (Å²) in [5.74, 6) is -1.11. The maximum atomic E-state index is 12.7. The highest BCUT2D eigenvalue weighted by Gasteiger charge is 2.31. The van der Waals surface area contributed by atoms with Crippen LogP contribution in [-0.2, 0) is 6.18 Å². The van der Waals surface area contributed by atoms with E-state index in [1.165, 1.54) is 12.1 Å². The fourth-order valence-electron chi connectivity index (χ4n) is 2.49. The van der Waals surface area contributed by atoms with Crippen molar-refractivity contribution in [3.8, 4) is 5.75 Å². The van der Waals surface area contributed by atoms with Crippen LogP contribution in [0.3, 0.4) is 0 Å². The Bertz CT molecular complexity index is 1100. The van der Waals surface area contributed by atoms with E-state index in [9.17, 15) is 36.5 Å². The largest absolute Gasteiger partial charge is 0.573 e. The summed E-state index contributed by atoms with van der Waals surface area (Å²) in [4.78, 5) is 18.3. The average Bonchev–Trinajstić information content (AvgIpc) is 2.68. The molecule has 0 radical (unpaired) electrons. The molecule has 3 rings (SSSR count). The van der Waals surface area contributed by atoms with E-state index in [-0.39, 0.29) is 23.0 Å². The highest BCUT2D eigenvalue weighted by molar-refractivity contribution is 5.76. The van der Waals surface area contributed by atoms with E-state index in [4.69, 9.17) is 0 Å². The van der Waals surface area contributed by atoms with Crippen LogP contribution in [0.15, 0.2) is 54.9 Å². The number of hydrogen-bond acceptors (Lipinski definition) is 7. The lowest BCUT2D eigenvalue weighted by Crippen LogP contribution is -2.17. The smallest absolute Gasteiger partial charge is 0.406 e. The number of hydrogen-bond donors (Lipinski definition) is 2. The maximum absolute atomic E-state index is 12.7. The Morgan fingerprint density at radius 3 is 1.69 bits per heavy atom. The van der Waals surface area contributed by atoms with Gasteiger partial charge in [-0.1, -0.05) is 0 Å². The van der Waals surface area contributed by atoms with E-state index in [2.05, 4.69) is 25.3 Å². The predicted octanol–water partition coefficient (Wildman–Crippen LogP) is 5.79. The lowest BCUT2D eigenvalue weighted by Gasteiger charge is -2.12. The molecule has 0 saturated heterocycles. The number of nitrogens with zero attached hydrogens (tertiary/aromatic N) is 3. The Labute approximate surface area is 175 Å². The molecule has 2 aromatic carbocycles. The summed E-state index contributed by atoms with van der Waals surface area (Å²) in [6.45, 7) is 0. The van der Waals surface area contributed by atoms with Crippen LogP contribution in [0.5, 0.6) is 5.75 Å². The van der Waals surface area contributed by atoms with E-state index in [1.807, 2.05) is 0 Å². The van der Waals surface area contributed by atoms with Crippen LogP contribution in [0.4, 0.5) is 55.0 Å². The average molecular weight is 459 g/mol. The van der Waals surface area contributed by atoms with Crippen molar-refractivity contribution in [3.63, 3.8) is 0 Å². The molecule has 0 unspecified atom stereocenters. The first-order chi connectivity index (χ1) is 14.9. The minimum Gasteiger partial charge on any atom is -0.406 e. The molecule has 0 fully saturated rings. The van der Waals surface area contributed by atoms with Crippen molar-refractivity contribution in [3.05, 3.63) is 70.5 Å². The molecular formula is C18H11F6N5O3. The normalized spacial score (nSPS) is 11.7. The van der Waals surface area contributed by atoms with Crippen molar-refractivity contribution in [2.45, 2.75) is 12.5 Å². The Morgan fingerprint density at radius 2 is 1.28 bits per heavy atom. The van der Waals surface area contributed by atoms with Gasteiger partial charge in [0.2, 0.25) is 11.6 Å². The number of aromatic nitrogens is 2. The van der Waals surface area contributed by atoms with Crippen molar-refractivity contribution < 1.29 is 36.0 Å². The summed E-state index contributed by atoms with van der Waals surface area (Å²) < 4.78 is 78.5. The van der Waals surface area contributed by atoms with Crippen molar-refractivity contribution in [2.75, 3.05) is 10.6 Å². The van der Waals surface area contributed by atoms with E-state index >= 15 is 0 Å². The van der Waals surface area contributed by atoms with Crippen LogP contribution < -0.4 is 15.4 Å². The number of halogens is 6. The quantitative estimate of drug-likeness (QED) is 0.273. The second kappa shape index (κ2) is 8.56. The molecule has 2 N–H and O–H groups in total. The van der Waals surface area contributed by atoms with Gasteiger partial charge in [-0.05, 0) is 48.5 Å². The molecule has 0 aliphatic rings. The zero-order chi connectivity index (χ0) is 23.5. The zero-order valence-corrected chi connectivity index (χ0v) is 15.5. The van der Waals surface area contributed by atoms with Gasteiger partial charge in [0, 0.05) is 11.4 Å². The summed E-state index contributed by atoms with van der Waals surface area (Å²) in [5.41, 5.74) is -1.29. The summed E-state index contributed by atoms with van der Waals surface area (Å²) >= 11 is 0. The molecule has 3 aromatic rings. The van der Waals surface area contributed by atoms with Gasteiger partial charge < -0.3 is 15.4 Å². The van der Waals surface area contributed by atoms with E-state index < -0.39 is 34.5 Å². The van der Waals surface area contributed by atoms with Gasteiger partial charge in [0.1, 0.15) is 12.1 Å². The minimum absolute atomic E-state index is 0.0967. The number of alkyl halides is 6. The summed E-state index contributed by atoms with van der Waals surface area (Å²) in [6, 6.07) is 8.06. The monoisotopic (exact) mass is 459 g/mol. The molecule has 14 heteroatoms. The van der Waals surface area contributed by atoms with Crippen molar-refractivity contribution in [2.24, 2.45) is 0 Å². The fourth-order valence-corrected chi connectivity index (χ4v) is 2.49. The Hall–Kier alpha value is -4.10. The Morgan fingerprint density at radius 1 is 0.812 bits per heavy atom. The third kappa shape index (κ3) is 5.74. The molecule has 168 valence electrons. The molecule has 0 saturated carbocycles. The van der Waals surface area contributed by atoms with Gasteiger partial charge in [-0.3, -0.25) is 10.1 Å². The first-order valence-corrected chi connectivity index (χ1v) is 8.49.